The van der Waals surface area contributed by atoms with Crippen LogP contribution in [0.15, 0.2) is 47.3 Å². The summed E-state index contributed by atoms with van der Waals surface area (Å²) in [6.07, 6.45) is 3.94. The normalized spacial score (nSPS) is 11.1. The van der Waals surface area contributed by atoms with Gasteiger partial charge in [0.25, 0.3) is 5.56 Å². The molecule has 1 heterocycles. The predicted octanol–water partition coefficient (Wildman–Crippen LogP) is 4.05. The Labute approximate surface area is 185 Å². The molecule has 0 unspecified atom stereocenters. The summed E-state index contributed by atoms with van der Waals surface area (Å²) in [5.41, 5.74) is 0.979. The highest BCUT2D eigenvalue weighted by atomic mass is 35.5. The van der Waals surface area contributed by atoms with Crippen LogP contribution in [0.5, 0.6) is 11.5 Å². The summed E-state index contributed by atoms with van der Waals surface area (Å²) in [6.45, 7) is 2.67. The molecule has 0 spiro atoms. The number of aromatic nitrogens is 2. The third-order valence-electron chi connectivity index (χ3n) is 4.71. The van der Waals surface area contributed by atoms with Crippen molar-refractivity contribution < 1.29 is 14.3 Å². The van der Waals surface area contributed by atoms with E-state index in [-0.39, 0.29) is 18.0 Å². The second-order valence-corrected chi connectivity index (χ2v) is 7.31. The average molecular weight is 442 g/mol. The zero-order valence-corrected chi connectivity index (χ0v) is 18.4. The molecule has 1 aromatic heterocycles. The second-order valence-electron chi connectivity index (χ2n) is 6.88. The maximum Gasteiger partial charge on any atom is 0.258 e. The summed E-state index contributed by atoms with van der Waals surface area (Å²) in [7, 11) is 3.14. The van der Waals surface area contributed by atoms with Crippen molar-refractivity contribution in [2.24, 2.45) is 0 Å². The number of benzene rings is 2. The molecule has 2 aromatic carbocycles. The Balaban J connectivity index is 1.84. The molecular formula is C23H24ClN3O4. The number of hydrogen-bond acceptors (Lipinski definition) is 5. The number of carbonyl (C=O) groups excluding carboxylic acids is 1. The van der Waals surface area contributed by atoms with E-state index in [1.165, 1.54) is 6.08 Å². The molecular weight excluding hydrogens is 418 g/mol. The van der Waals surface area contributed by atoms with Gasteiger partial charge in [0.15, 0.2) is 0 Å². The summed E-state index contributed by atoms with van der Waals surface area (Å²) in [4.78, 5) is 34.1. The van der Waals surface area contributed by atoms with Crippen LogP contribution in [0.2, 0.25) is 5.02 Å². The lowest BCUT2D eigenvalue weighted by atomic mass is 10.1. The van der Waals surface area contributed by atoms with Gasteiger partial charge in [-0.15, -0.1) is 0 Å². The van der Waals surface area contributed by atoms with Gasteiger partial charge in [0.05, 0.1) is 31.7 Å². The highest BCUT2D eigenvalue weighted by Gasteiger charge is 2.14. The van der Waals surface area contributed by atoms with E-state index in [0.717, 1.165) is 12.0 Å². The number of amides is 1. The molecule has 7 nitrogen and oxygen atoms in total. The van der Waals surface area contributed by atoms with Crippen LogP contribution < -0.4 is 15.0 Å². The van der Waals surface area contributed by atoms with Crippen molar-refractivity contribution in [3.8, 4) is 11.5 Å². The molecule has 0 bridgehead atoms. The molecule has 0 aliphatic carbocycles. The molecule has 3 rings (SSSR count). The molecule has 162 valence electrons. The first-order valence-corrected chi connectivity index (χ1v) is 10.2. The molecule has 0 aliphatic rings. The Kier molecular flexibility index (Phi) is 7.31. The Morgan fingerprint density at radius 2 is 2.00 bits per heavy atom. The van der Waals surface area contributed by atoms with Crippen molar-refractivity contribution in [2.75, 3.05) is 20.8 Å². The van der Waals surface area contributed by atoms with E-state index in [2.05, 4.69) is 9.97 Å². The van der Waals surface area contributed by atoms with Gasteiger partial charge in [0, 0.05) is 29.3 Å². The number of carbonyl (C=O) groups is 1. The van der Waals surface area contributed by atoms with Crippen molar-refractivity contribution in [1.82, 2.24) is 14.9 Å². The minimum absolute atomic E-state index is 0.175. The molecule has 8 heteroatoms. The second kappa shape index (κ2) is 10.1. The van der Waals surface area contributed by atoms with E-state index in [4.69, 9.17) is 21.1 Å². The monoisotopic (exact) mass is 441 g/mol. The molecule has 0 saturated heterocycles. The Bertz CT molecular complexity index is 1170. The topological polar surface area (TPSA) is 84.5 Å². The van der Waals surface area contributed by atoms with Gasteiger partial charge in [-0.3, -0.25) is 9.59 Å². The van der Waals surface area contributed by atoms with E-state index < -0.39 is 0 Å². The quantitative estimate of drug-likeness (QED) is 0.533. The van der Waals surface area contributed by atoms with Crippen LogP contribution in [-0.2, 0) is 11.3 Å². The van der Waals surface area contributed by atoms with E-state index in [0.29, 0.717) is 39.8 Å². The van der Waals surface area contributed by atoms with Crippen LogP contribution in [0.25, 0.3) is 17.0 Å². The van der Waals surface area contributed by atoms with Gasteiger partial charge in [-0.1, -0.05) is 18.5 Å². The van der Waals surface area contributed by atoms with Gasteiger partial charge < -0.3 is 19.4 Å². The van der Waals surface area contributed by atoms with E-state index >= 15 is 0 Å². The summed E-state index contributed by atoms with van der Waals surface area (Å²) >= 11 is 6.03. The fourth-order valence-corrected chi connectivity index (χ4v) is 3.34. The van der Waals surface area contributed by atoms with Crippen LogP contribution in [0.3, 0.4) is 0 Å². The molecule has 0 fully saturated rings. The third kappa shape index (κ3) is 5.44. The SMILES string of the molecule is CCCN(Cc1nc2cc(Cl)ccc2c(=O)[nH]1)C(=O)/C=C/c1ccc(OC)cc1OC. The maximum atomic E-state index is 12.9. The standard InChI is InChI=1S/C23H24ClN3O4/c1-4-11-27(14-21-25-19-12-16(24)7-9-18(19)23(29)26-21)22(28)10-6-15-5-8-17(30-2)13-20(15)31-3/h5-10,12-13H,4,11,14H2,1-3H3,(H,25,26,29)/b10-6+. The van der Waals surface area contributed by atoms with Crippen LogP contribution in [0.1, 0.15) is 24.7 Å². The number of hydrogen-bond donors (Lipinski definition) is 1. The summed E-state index contributed by atoms with van der Waals surface area (Å²) in [5, 5.41) is 0.947. The molecule has 1 N–H and O–H groups in total. The third-order valence-corrected chi connectivity index (χ3v) is 4.94. The Hall–Kier alpha value is -3.32. The summed E-state index contributed by atoms with van der Waals surface area (Å²) < 4.78 is 10.6. The highest BCUT2D eigenvalue weighted by molar-refractivity contribution is 6.31. The first-order valence-electron chi connectivity index (χ1n) is 9.82. The molecule has 3 aromatic rings. The van der Waals surface area contributed by atoms with Crippen LogP contribution in [-0.4, -0.2) is 41.5 Å². The fraction of sp³-hybridized carbons (Fsp3) is 0.261. The number of H-pyrrole nitrogens is 1. The molecule has 31 heavy (non-hydrogen) atoms. The number of nitrogens with zero attached hydrogens (tertiary/aromatic N) is 2. The minimum Gasteiger partial charge on any atom is -0.497 e. The zero-order valence-electron chi connectivity index (χ0n) is 17.6. The number of nitrogens with one attached hydrogen (secondary N) is 1. The first-order chi connectivity index (χ1) is 14.9. The van der Waals surface area contributed by atoms with Crippen molar-refractivity contribution in [3.63, 3.8) is 0 Å². The number of aromatic amines is 1. The van der Waals surface area contributed by atoms with Crippen molar-refractivity contribution in [2.45, 2.75) is 19.9 Å². The van der Waals surface area contributed by atoms with E-state index in [1.807, 2.05) is 13.0 Å². The van der Waals surface area contributed by atoms with Crippen molar-refractivity contribution >= 4 is 34.5 Å². The van der Waals surface area contributed by atoms with Crippen LogP contribution in [0.4, 0.5) is 0 Å². The summed E-state index contributed by atoms with van der Waals surface area (Å²) in [6, 6.07) is 10.3. The fourth-order valence-electron chi connectivity index (χ4n) is 3.18. The first kappa shape index (κ1) is 22.4. The number of ether oxygens (including phenoxy) is 2. The van der Waals surface area contributed by atoms with Crippen molar-refractivity contribution in [1.29, 1.82) is 0 Å². The lowest BCUT2D eigenvalue weighted by Crippen LogP contribution is -2.31. The van der Waals surface area contributed by atoms with Gasteiger partial charge in [0.1, 0.15) is 17.3 Å². The van der Waals surface area contributed by atoms with Gasteiger partial charge in [-0.2, -0.15) is 0 Å². The highest BCUT2D eigenvalue weighted by Crippen LogP contribution is 2.25. The average Bonchev–Trinajstić information content (AvgIpc) is 2.76. The van der Waals surface area contributed by atoms with Gasteiger partial charge in [-0.05, 0) is 42.8 Å². The Morgan fingerprint density at radius 3 is 2.71 bits per heavy atom. The molecule has 1 amide bonds. The number of rotatable bonds is 8. The number of fused-ring (bicyclic) bond motifs is 1. The lowest BCUT2D eigenvalue weighted by Gasteiger charge is -2.20. The predicted molar refractivity (Wildman–Crippen MR) is 122 cm³/mol. The largest absolute Gasteiger partial charge is 0.497 e. The summed E-state index contributed by atoms with van der Waals surface area (Å²) in [5.74, 6) is 1.47. The Morgan fingerprint density at radius 1 is 1.19 bits per heavy atom. The number of halogens is 1. The molecule has 0 radical (unpaired) electrons. The molecule has 0 saturated carbocycles. The molecule has 0 atom stereocenters. The van der Waals surface area contributed by atoms with Crippen LogP contribution in [0, 0.1) is 0 Å². The molecule has 0 aliphatic heterocycles. The minimum atomic E-state index is -0.265. The lowest BCUT2D eigenvalue weighted by molar-refractivity contribution is -0.126. The van der Waals surface area contributed by atoms with E-state index in [9.17, 15) is 9.59 Å². The van der Waals surface area contributed by atoms with Gasteiger partial charge in [0.2, 0.25) is 5.91 Å². The zero-order chi connectivity index (χ0) is 22.4. The number of methoxy groups -OCH3 is 2. The van der Waals surface area contributed by atoms with Crippen LogP contribution >= 0.6 is 11.6 Å². The van der Waals surface area contributed by atoms with Gasteiger partial charge >= 0.3 is 0 Å². The smallest absolute Gasteiger partial charge is 0.258 e. The van der Waals surface area contributed by atoms with E-state index in [1.54, 1.807) is 55.5 Å². The maximum absolute atomic E-state index is 12.9. The van der Waals surface area contributed by atoms with Gasteiger partial charge in [-0.25, -0.2) is 4.98 Å². The van der Waals surface area contributed by atoms with Crippen molar-refractivity contribution in [3.05, 3.63) is 69.2 Å².